The van der Waals surface area contributed by atoms with Gasteiger partial charge in [0.25, 0.3) is 0 Å². The first-order valence-electron chi connectivity index (χ1n) is 5.00. The molecule has 2 heterocycles. The van der Waals surface area contributed by atoms with E-state index in [1.165, 1.54) is 11.3 Å². The predicted molar refractivity (Wildman–Crippen MR) is 54.2 cm³/mol. The summed E-state index contributed by atoms with van der Waals surface area (Å²) in [4.78, 5) is 15.1. The molecule has 0 fully saturated rings. The third kappa shape index (κ3) is 0.990. The van der Waals surface area contributed by atoms with Crippen LogP contribution in [0.3, 0.4) is 0 Å². The van der Waals surface area contributed by atoms with Gasteiger partial charge in [-0.25, -0.2) is 0 Å². The smallest absolute Gasteiger partial charge is 0.169 e. The molecule has 0 unspecified atom stereocenters. The highest BCUT2D eigenvalue weighted by Gasteiger charge is 2.24. The normalized spacial score (nSPS) is 19.3. The van der Waals surface area contributed by atoms with Gasteiger partial charge >= 0.3 is 0 Å². The molecule has 0 bridgehead atoms. The lowest BCUT2D eigenvalue weighted by molar-refractivity contribution is 0.0993. The topological polar surface area (TPSA) is 44.9 Å². The van der Waals surface area contributed by atoms with E-state index in [0.717, 1.165) is 30.8 Å². The number of H-pyrrole nitrogens is 1. The molecule has 3 nitrogen and oxygen atoms in total. The molecule has 3 rings (SSSR count). The van der Waals surface area contributed by atoms with Gasteiger partial charge in [0.15, 0.2) is 5.78 Å². The molecule has 2 N–H and O–H groups in total. The van der Waals surface area contributed by atoms with E-state index in [9.17, 15) is 4.79 Å². The first kappa shape index (κ1) is 8.00. The Morgan fingerprint density at radius 2 is 2.29 bits per heavy atom. The summed E-state index contributed by atoms with van der Waals surface area (Å²) in [7, 11) is 0. The SMILES string of the molecule is O=C1CC=Cc2[nH]c3c(c21)CNCC3. The number of carbonyl (C=O) groups excluding carboxylic acids is 1. The van der Waals surface area contributed by atoms with Gasteiger partial charge in [-0.1, -0.05) is 6.08 Å². The van der Waals surface area contributed by atoms with Gasteiger partial charge in [-0.2, -0.15) is 0 Å². The molecule has 72 valence electrons. The number of carbonyl (C=O) groups is 1. The summed E-state index contributed by atoms with van der Waals surface area (Å²) in [6.07, 6.45) is 5.51. The number of ketones is 1. The number of aromatic nitrogens is 1. The van der Waals surface area contributed by atoms with Gasteiger partial charge in [-0.05, 0) is 11.6 Å². The standard InChI is InChI=1S/C11H12N2O/c14-10-3-1-2-9-11(10)7-6-12-5-4-8(7)13-9/h1-2,12-13H,3-6H2. The fraction of sp³-hybridized carbons (Fsp3) is 0.364. The van der Waals surface area contributed by atoms with Crippen molar-refractivity contribution >= 4 is 11.9 Å². The Bertz CT molecular complexity index is 429. The highest BCUT2D eigenvalue weighted by Crippen LogP contribution is 2.27. The molecule has 1 aromatic rings. The molecule has 1 aliphatic heterocycles. The van der Waals surface area contributed by atoms with Crippen molar-refractivity contribution in [2.45, 2.75) is 19.4 Å². The predicted octanol–water partition coefficient (Wildman–Crippen LogP) is 1.26. The molecule has 1 aromatic heterocycles. The van der Waals surface area contributed by atoms with Gasteiger partial charge in [0, 0.05) is 42.9 Å². The van der Waals surface area contributed by atoms with Crippen molar-refractivity contribution in [3.05, 3.63) is 28.6 Å². The van der Waals surface area contributed by atoms with E-state index in [1.54, 1.807) is 0 Å². The maximum Gasteiger partial charge on any atom is 0.169 e. The number of hydrogen-bond donors (Lipinski definition) is 2. The Morgan fingerprint density at radius 1 is 1.36 bits per heavy atom. The zero-order valence-corrected chi connectivity index (χ0v) is 7.89. The van der Waals surface area contributed by atoms with E-state index in [-0.39, 0.29) is 5.78 Å². The lowest BCUT2D eigenvalue weighted by Crippen LogP contribution is -2.24. The molecular weight excluding hydrogens is 176 g/mol. The minimum Gasteiger partial charge on any atom is -0.358 e. The zero-order valence-electron chi connectivity index (χ0n) is 7.89. The highest BCUT2D eigenvalue weighted by molar-refractivity contribution is 6.04. The summed E-state index contributed by atoms with van der Waals surface area (Å²) in [5.41, 5.74) is 4.37. The van der Waals surface area contributed by atoms with Gasteiger partial charge in [-0.3, -0.25) is 4.79 Å². The lowest BCUT2D eigenvalue weighted by atomic mass is 9.96. The van der Waals surface area contributed by atoms with E-state index in [2.05, 4.69) is 10.3 Å². The minimum absolute atomic E-state index is 0.253. The van der Waals surface area contributed by atoms with Crippen LogP contribution < -0.4 is 5.32 Å². The molecule has 0 saturated carbocycles. The van der Waals surface area contributed by atoms with Crippen LogP contribution >= 0.6 is 0 Å². The Labute approximate surface area is 82.2 Å². The maximum atomic E-state index is 11.7. The van der Waals surface area contributed by atoms with Crippen molar-refractivity contribution in [1.82, 2.24) is 10.3 Å². The van der Waals surface area contributed by atoms with Crippen LogP contribution in [-0.2, 0) is 13.0 Å². The second kappa shape index (κ2) is 2.82. The van der Waals surface area contributed by atoms with E-state index in [0.29, 0.717) is 6.42 Å². The number of fused-ring (bicyclic) bond motifs is 3. The van der Waals surface area contributed by atoms with Crippen molar-refractivity contribution in [3.8, 4) is 0 Å². The molecule has 1 aliphatic carbocycles. The molecule has 0 atom stereocenters. The fourth-order valence-corrected chi connectivity index (χ4v) is 2.28. The second-order valence-electron chi connectivity index (χ2n) is 3.83. The first-order chi connectivity index (χ1) is 6.86. The number of rotatable bonds is 0. The van der Waals surface area contributed by atoms with E-state index >= 15 is 0 Å². The number of allylic oxidation sites excluding steroid dienone is 1. The summed E-state index contributed by atoms with van der Waals surface area (Å²) in [5, 5.41) is 3.30. The Morgan fingerprint density at radius 3 is 3.21 bits per heavy atom. The minimum atomic E-state index is 0.253. The molecule has 0 spiro atoms. The molecule has 0 aromatic carbocycles. The van der Waals surface area contributed by atoms with Gasteiger partial charge in [0.2, 0.25) is 0 Å². The van der Waals surface area contributed by atoms with E-state index in [1.807, 2.05) is 12.2 Å². The maximum absolute atomic E-state index is 11.7. The van der Waals surface area contributed by atoms with Crippen molar-refractivity contribution in [1.29, 1.82) is 0 Å². The fourth-order valence-electron chi connectivity index (χ4n) is 2.28. The number of nitrogens with one attached hydrogen (secondary N) is 2. The van der Waals surface area contributed by atoms with Crippen LogP contribution in [0, 0.1) is 0 Å². The van der Waals surface area contributed by atoms with Crippen LogP contribution in [0.4, 0.5) is 0 Å². The van der Waals surface area contributed by atoms with Crippen LogP contribution in [0.25, 0.3) is 6.08 Å². The van der Waals surface area contributed by atoms with Crippen LogP contribution in [0.15, 0.2) is 6.08 Å². The van der Waals surface area contributed by atoms with E-state index < -0.39 is 0 Å². The lowest BCUT2D eigenvalue weighted by Gasteiger charge is -2.14. The van der Waals surface area contributed by atoms with Crippen molar-refractivity contribution in [3.63, 3.8) is 0 Å². The van der Waals surface area contributed by atoms with Crippen LogP contribution in [0.1, 0.15) is 33.7 Å². The number of aromatic amines is 1. The Hall–Kier alpha value is -1.35. The second-order valence-corrected chi connectivity index (χ2v) is 3.83. The molecule has 0 amide bonds. The largest absolute Gasteiger partial charge is 0.358 e. The monoisotopic (exact) mass is 188 g/mol. The molecule has 0 saturated heterocycles. The quantitative estimate of drug-likeness (QED) is 0.643. The van der Waals surface area contributed by atoms with Crippen molar-refractivity contribution in [2.24, 2.45) is 0 Å². The molecule has 14 heavy (non-hydrogen) atoms. The van der Waals surface area contributed by atoms with Gasteiger partial charge in [0.05, 0.1) is 0 Å². The first-order valence-corrected chi connectivity index (χ1v) is 5.00. The van der Waals surface area contributed by atoms with Gasteiger partial charge in [-0.15, -0.1) is 0 Å². The Balaban J connectivity index is 2.22. The van der Waals surface area contributed by atoms with E-state index in [4.69, 9.17) is 0 Å². The summed E-state index contributed by atoms with van der Waals surface area (Å²) in [6, 6.07) is 0. The summed E-state index contributed by atoms with van der Waals surface area (Å²) in [5.74, 6) is 0.253. The third-order valence-corrected chi connectivity index (χ3v) is 2.94. The van der Waals surface area contributed by atoms with Crippen LogP contribution in [0.5, 0.6) is 0 Å². The summed E-state index contributed by atoms with van der Waals surface area (Å²) < 4.78 is 0. The molecular formula is C11H12N2O. The number of Topliss-reactive ketones (excluding diaryl/α,β-unsaturated/α-hetero) is 1. The third-order valence-electron chi connectivity index (χ3n) is 2.94. The molecule has 2 aliphatic rings. The molecule has 0 radical (unpaired) electrons. The van der Waals surface area contributed by atoms with Crippen molar-refractivity contribution in [2.75, 3.05) is 6.54 Å². The average Bonchev–Trinajstić information content (AvgIpc) is 2.57. The van der Waals surface area contributed by atoms with Crippen LogP contribution in [-0.4, -0.2) is 17.3 Å². The average molecular weight is 188 g/mol. The van der Waals surface area contributed by atoms with Crippen molar-refractivity contribution < 1.29 is 4.79 Å². The molecule has 3 heteroatoms. The highest BCUT2D eigenvalue weighted by atomic mass is 16.1. The van der Waals surface area contributed by atoms with Crippen LogP contribution in [0.2, 0.25) is 0 Å². The summed E-state index contributed by atoms with van der Waals surface area (Å²) in [6.45, 7) is 1.84. The van der Waals surface area contributed by atoms with Gasteiger partial charge < -0.3 is 10.3 Å². The Kier molecular flexibility index (Phi) is 1.61. The summed E-state index contributed by atoms with van der Waals surface area (Å²) >= 11 is 0. The van der Waals surface area contributed by atoms with Gasteiger partial charge in [0.1, 0.15) is 0 Å². The number of hydrogen-bond acceptors (Lipinski definition) is 2. The zero-order chi connectivity index (χ0) is 9.54.